The first-order valence-electron chi connectivity index (χ1n) is 3.34. The fourth-order valence-corrected chi connectivity index (χ4v) is 2.56. The van der Waals surface area contributed by atoms with Gasteiger partial charge >= 0.3 is 11.6 Å². The molecule has 7 heteroatoms. The number of alkyl halides is 3. The fraction of sp³-hybridized carbons (Fsp3) is 1.00. The van der Waals surface area contributed by atoms with Gasteiger partial charge in [-0.2, -0.15) is 0 Å². The molecule has 0 aromatic carbocycles. The van der Waals surface area contributed by atoms with Crippen molar-refractivity contribution in [3.8, 4) is 0 Å². The topological polar surface area (TPSA) is 35.5 Å². The lowest BCUT2D eigenvalue weighted by molar-refractivity contribution is 0.212. The lowest BCUT2D eigenvalue weighted by atomic mass is 10.9. The predicted molar refractivity (Wildman–Crippen MR) is 51.1 cm³/mol. The third kappa shape index (κ3) is 5.63. The van der Waals surface area contributed by atoms with E-state index < -0.39 is 11.6 Å². The maximum atomic E-state index is 11.5. The Kier molecular flexibility index (Phi) is 5.47. The summed E-state index contributed by atoms with van der Waals surface area (Å²) in [6.07, 6.45) is 0.175. The van der Waals surface area contributed by atoms with Gasteiger partial charge in [0.1, 0.15) is 0 Å². The Bertz CT molecular complexity index is 179. The van der Waals surface area contributed by atoms with Crippen molar-refractivity contribution in [3.05, 3.63) is 0 Å². The highest BCUT2D eigenvalue weighted by atomic mass is 35.6. The summed E-state index contributed by atoms with van der Waals surface area (Å²) in [4.78, 5) is 0. The number of hydrogen-bond donors (Lipinski definition) is 0. The van der Waals surface area contributed by atoms with Crippen LogP contribution < -0.4 is 0 Å². The van der Waals surface area contributed by atoms with E-state index in [2.05, 4.69) is 4.52 Å². The zero-order valence-corrected chi connectivity index (χ0v) is 9.88. The normalized spacial score (nSPS) is 17.4. The summed E-state index contributed by atoms with van der Waals surface area (Å²) >= 11 is 15.9. The molecule has 0 aliphatic heterocycles. The van der Waals surface area contributed by atoms with Gasteiger partial charge in [-0.1, -0.05) is 41.7 Å². The molecule has 12 heavy (non-hydrogen) atoms. The van der Waals surface area contributed by atoms with Gasteiger partial charge in [-0.3, -0.25) is 9.09 Å². The van der Waals surface area contributed by atoms with Crippen LogP contribution in [0.2, 0.25) is 0 Å². The largest absolute Gasteiger partial charge is 0.333 e. The molecule has 0 fully saturated rings. The number of halogens is 3. The van der Waals surface area contributed by atoms with E-state index in [4.69, 9.17) is 39.3 Å². The van der Waals surface area contributed by atoms with Gasteiger partial charge in [-0.25, -0.2) is 0 Å². The van der Waals surface area contributed by atoms with E-state index in [1.165, 1.54) is 0 Å². The molecule has 0 radical (unpaired) electrons. The molecule has 0 saturated carbocycles. The Morgan fingerprint density at radius 2 is 1.83 bits per heavy atom. The summed E-state index contributed by atoms with van der Waals surface area (Å²) in [6.45, 7) is 3.57. The van der Waals surface area contributed by atoms with Crippen LogP contribution in [-0.4, -0.2) is 16.7 Å². The second-order valence-corrected chi connectivity index (χ2v) is 6.35. The van der Waals surface area contributed by atoms with Crippen molar-refractivity contribution in [2.75, 3.05) is 12.8 Å². The minimum absolute atomic E-state index is 0.175. The summed E-state index contributed by atoms with van der Waals surface area (Å²) in [5, 5.41) is 0. The third-order valence-corrected chi connectivity index (χ3v) is 3.49. The molecular formula is C5H10Cl3O3P. The van der Waals surface area contributed by atoms with Crippen molar-refractivity contribution in [2.24, 2.45) is 0 Å². The van der Waals surface area contributed by atoms with Crippen LogP contribution in [0, 0.1) is 0 Å². The van der Waals surface area contributed by atoms with E-state index >= 15 is 0 Å². The first-order chi connectivity index (χ1) is 5.33. The zero-order chi connectivity index (χ0) is 9.83. The van der Waals surface area contributed by atoms with Gasteiger partial charge in [0.05, 0.1) is 6.61 Å². The van der Waals surface area contributed by atoms with Crippen LogP contribution in [0.1, 0.15) is 13.8 Å². The maximum Gasteiger partial charge on any atom is 0.333 e. The van der Waals surface area contributed by atoms with E-state index in [0.29, 0.717) is 0 Å². The first kappa shape index (κ1) is 13.0. The SMILES string of the molecule is CCOP(=O)(CC)OC(Cl)(Cl)Cl. The predicted octanol–water partition coefficient (Wildman–Crippen LogP) is 3.58. The minimum Gasteiger partial charge on any atom is -0.309 e. The van der Waals surface area contributed by atoms with Gasteiger partial charge in [0, 0.05) is 6.16 Å². The molecule has 0 aromatic rings. The minimum atomic E-state index is -3.22. The van der Waals surface area contributed by atoms with E-state index in [1.807, 2.05) is 0 Å². The Morgan fingerprint density at radius 3 is 2.08 bits per heavy atom. The average molecular weight is 255 g/mol. The third-order valence-electron chi connectivity index (χ3n) is 0.956. The molecule has 0 saturated heterocycles. The quantitative estimate of drug-likeness (QED) is 0.569. The van der Waals surface area contributed by atoms with Crippen molar-refractivity contribution < 1.29 is 13.6 Å². The summed E-state index contributed by atoms with van der Waals surface area (Å²) in [5.74, 6) is 0. The molecule has 0 rings (SSSR count). The standard InChI is InChI=1S/C5H10Cl3O3P/c1-3-10-12(9,4-2)11-5(6,7)8/h3-4H2,1-2H3. The van der Waals surface area contributed by atoms with E-state index in [-0.39, 0.29) is 12.8 Å². The van der Waals surface area contributed by atoms with Crippen LogP contribution in [0.15, 0.2) is 0 Å². The highest BCUT2D eigenvalue weighted by Gasteiger charge is 2.33. The van der Waals surface area contributed by atoms with Crippen LogP contribution in [0.4, 0.5) is 0 Å². The molecule has 1 atom stereocenters. The lowest BCUT2D eigenvalue weighted by Crippen LogP contribution is -2.09. The Labute approximate surface area is 86.8 Å². The highest BCUT2D eigenvalue weighted by Crippen LogP contribution is 2.54. The van der Waals surface area contributed by atoms with E-state index in [9.17, 15) is 4.57 Å². The highest BCUT2D eigenvalue weighted by molar-refractivity contribution is 7.54. The van der Waals surface area contributed by atoms with Gasteiger partial charge in [0.2, 0.25) is 0 Å². The molecule has 0 aliphatic rings. The molecule has 3 nitrogen and oxygen atoms in total. The smallest absolute Gasteiger partial charge is 0.309 e. The van der Waals surface area contributed by atoms with Crippen molar-refractivity contribution >= 4 is 42.4 Å². The summed E-state index contributed by atoms with van der Waals surface area (Å²) in [7, 11) is -3.22. The molecule has 0 bridgehead atoms. The van der Waals surface area contributed by atoms with Crippen molar-refractivity contribution in [3.63, 3.8) is 0 Å². The Balaban J connectivity index is 4.25. The fourth-order valence-electron chi connectivity index (χ4n) is 0.537. The average Bonchev–Trinajstić information content (AvgIpc) is 1.84. The lowest BCUT2D eigenvalue weighted by Gasteiger charge is -2.20. The number of hydrogen-bond acceptors (Lipinski definition) is 3. The molecule has 74 valence electrons. The van der Waals surface area contributed by atoms with Crippen LogP contribution in [-0.2, 0) is 13.6 Å². The van der Waals surface area contributed by atoms with Crippen molar-refractivity contribution in [2.45, 2.75) is 17.8 Å². The summed E-state index contributed by atoms with van der Waals surface area (Å²) in [5.41, 5.74) is 0. The van der Waals surface area contributed by atoms with Crippen LogP contribution in [0.3, 0.4) is 0 Å². The summed E-state index contributed by atoms with van der Waals surface area (Å²) in [6, 6.07) is 0. The molecular weight excluding hydrogens is 245 g/mol. The molecule has 0 amide bonds. The molecule has 0 heterocycles. The van der Waals surface area contributed by atoms with Crippen LogP contribution >= 0.6 is 42.4 Å². The van der Waals surface area contributed by atoms with Gasteiger partial charge in [0.25, 0.3) is 0 Å². The van der Waals surface area contributed by atoms with Crippen molar-refractivity contribution in [1.82, 2.24) is 0 Å². The second-order valence-electron chi connectivity index (χ2n) is 1.88. The van der Waals surface area contributed by atoms with Gasteiger partial charge < -0.3 is 4.52 Å². The van der Waals surface area contributed by atoms with Gasteiger partial charge in [0.15, 0.2) is 0 Å². The second kappa shape index (κ2) is 5.04. The van der Waals surface area contributed by atoms with E-state index in [1.54, 1.807) is 13.8 Å². The molecule has 0 aromatic heterocycles. The first-order valence-corrected chi connectivity index (χ1v) is 6.20. The monoisotopic (exact) mass is 254 g/mol. The molecule has 0 spiro atoms. The maximum absolute atomic E-state index is 11.5. The summed E-state index contributed by atoms with van der Waals surface area (Å²) < 4.78 is 19.0. The van der Waals surface area contributed by atoms with Crippen LogP contribution in [0.25, 0.3) is 0 Å². The zero-order valence-electron chi connectivity index (χ0n) is 6.72. The molecule has 0 N–H and O–H groups in total. The van der Waals surface area contributed by atoms with Crippen LogP contribution in [0.5, 0.6) is 0 Å². The Morgan fingerprint density at radius 1 is 1.33 bits per heavy atom. The number of rotatable bonds is 4. The molecule has 1 unspecified atom stereocenters. The molecule has 0 aliphatic carbocycles. The van der Waals surface area contributed by atoms with Gasteiger partial charge in [-0.15, -0.1) is 0 Å². The van der Waals surface area contributed by atoms with Gasteiger partial charge in [-0.05, 0) is 6.92 Å². The van der Waals surface area contributed by atoms with E-state index in [0.717, 1.165) is 0 Å². The van der Waals surface area contributed by atoms with Crippen molar-refractivity contribution in [1.29, 1.82) is 0 Å². The Hall–Kier alpha value is 1.02.